The minimum atomic E-state index is -0.635. The van der Waals surface area contributed by atoms with Crippen molar-refractivity contribution in [1.82, 2.24) is 4.90 Å². The fourth-order valence-electron chi connectivity index (χ4n) is 2.66. The SMILES string of the molecule is CC1C(=O)N(CC(=O)Nc2ccccc2)C(=O)N1c1ccccc1. The summed E-state index contributed by atoms with van der Waals surface area (Å²) in [6, 6.07) is 16.7. The molecular formula is C18H17N3O3. The molecule has 1 unspecified atom stereocenters. The highest BCUT2D eigenvalue weighted by Crippen LogP contribution is 2.25. The van der Waals surface area contributed by atoms with Crippen LogP contribution in [0.5, 0.6) is 0 Å². The summed E-state index contributed by atoms with van der Waals surface area (Å²) in [7, 11) is 0. The fourth-order valence-corrected chi connectivity index (χ4v) is 2.66. The topological polar surface area (TPSA) is 69.7 Å². The number of hydrogen-bond acceptors (Lipinski definition) is 3. The Morgan fingerprint density at radius 2 is 1.58 bits per heavy atom. The Bertz CT molecular complexity index is 762. The smallest absolute Gasteiger partial charge is 0.325 e. The normalized spacial score (nSPS) is 17.3. The number of rotatable bonds is 4. The number of anilines is 2. The van der Waals surface area contributed by atoms with Gasteiger partial charge in [-0.3, -0.25) is 19.4 Å². The second kappa shape index (κ2) is 6.54. The predicted octanol–water partition coefficient (Wildman–Crippen LogP) is 2.48. The second-order valence-corrected chi connectivity index (χ2v) is 5.50. The molecule has 0 saturated carbocycles. The maximum Gasteiger partial charge on any atom is 0.332 e. The number of carbonyl (C=O) groups excluding carboxylic acids is 3. The van der Waals surface area contributed by atoms with E-state index in [1.165, 1.54) is 4.90 Å². The number of imide groups is 1. The summed E-state index contributed by atoms with van der Waals surface area (Å²) in [6.45, 7) is 1.35. The van der Waals surface area contributed by atoms with Crippen molar-refractivity contribution < 1.29 is 14.4 Å². The van der Waals surface area contributed by atoms with E-state index in [0.717, 1.165) is 4.90 Å². The molecule has 0 spiro atoms. The molecule has 2 aromatic carbocycles. The summed E-state index contributed by atoms with van der Waals surface area (Å²) in [4.78, 5) is 39.5. The Hall–Kier alpha value is -3.15. The number of nitrogens with one attached hydrogen (secondary N) is 1. The first-order valence-corrected chi connectivity index (χ1v) is 7.62. The molecule has 3 rings (SSSR count). The maximum absolute atomic E-state index is 12.6. The Labute approximate surface area is 139 Å². The van der Waals surface area contributed by atoms with Crippen molar-refractivity contribution in [2.45, 2.75) is 13.0 Å². The van der Waals surface area contributed by atoms with Gasteiger partial charge in [-0.25, -0.2) is 4.79 Å². The molecular weight excluding hydrogens is 306 g/mol. The van der Waals surface area contributed by atoms with E-state index < -0.39 is 18.0 Å². The second-order valence-electron chi connectivity index (χ2n) is 5.50. The molecule has 0 aromatic heterocycles. The first-order chi connectivity index (χ1) is 11.6. The molecule has 24 heavy (non-hydrogen) atoms. The molecule has 0 aliphatic carbocycles. The highest BCUT2D eigenvalue weighted by molar-refractivity contribution is 6.16. The fraction of sp³-hybridized carbons (Fsp3) is 0.167. The van der Waals surface area contributed by atoms with E-state index in [0.29, 0.717) is 11.4 Å². The van der Waals surface area contributed by atoms with Crippen LogP contribution in [0.25, 0.3) is 0 Å². The van der Waals surface area contributed by atoms with Crippen molar-refractivity contribution in [2.75, 3.05) is 16.8 Å². The van der Waals surface area contributed by atoms with Crippen LogP contribution in [0.2, 0.25) is 0 Å². The lowest BCUT2D eigenvalue weighted by Gasteiger charge is -2.19. The molecule has 2 aromatic rings. The third kappa shape index (κ3) is 2.99. The van der Waals surface area contributed by atoms with Crippen LogP contribution >= 0.6 is 0 Å². The molecule has 0 radical (unpaired) electrons. The Balaban J connectivity index is 1.73. The van der Waals surface area contributed by atoms with E-state index in [2.05, 4.69) is 5.32 Å². The van der Waals surface area contributed by atoms with E-state index in [1.54, 1.807) is 55.5 Å². The average Bonchev–Trinajstić information content (AvgIpc) is 2.80. The molecule has 1 atom stereocenters. The van der Waals surface area contributed by atoms with Gasteiger partial charge < -0.3 is 5.32 Å². The Morgan fingerprint density at radius 3 is 2.21 bits per heavy atom. The van der Waals surface area contributed by atoms with Gasteiger partial charge in [0.15, 0.2) is 0 Å². The standard InChI is InChI=1S/C18H17N3O3/c1-13-17(23)20(12-16(22)19-14-8-4-2-5-9-14)18(24)21(13)15-10-6-3-7-11-15/h2-11,13H,12H2,1H3,(H,19,22). The molecule has 122 valence electrons. The third-order valence-electron chi connectivity index (χ3n) is 3.84. The number of hydrogen-bond donors (Lipinski definition) is 1. The lowest BCUT2D eigenvalue weighted by Crippen LogP contribution is -2.39. The predicted molar refractivity (Wildman–Crippen MR) is 90.6 cm³/mol. The molecule has 6 nitrogen and oxygen atoms in total. The van der Waals surface area contributed by atoms with Gasteiger partial charge in [0.05, 0.1) is 0 Å². The van der Waals surface area contributed by atoms with Crippen molar-refractivity contribution in [3.8, 4) is 0 Å². The van der Waals surface area contributed by atoms with Crippen molar-refractivity contribution in [3.63, 3.8) is 0 Å². The number of urea groups is 1. The van der Waals surface area contributed by atoms with Gasteiger partial charge in [0.2, 0.25) is 5.91 Å². The Morgan fingerprint density at radius 1 is 1.00 bits per heavy atom. The minimum absolute atomic E-state index is 0.305. The third-order valence-corrected chi connectivity index (χ3v) is 3.84. The number of benzene rings is 2. The zero-order valence-corrected chi connectivity index (χ0v) is 13.2. The van der Waals surface area contributed by atoms with Crippen molar-refractivity contribution in [3.05, 3.63) is 60.7 Å². The van der Waals surface area contributed by atoms with Gasteiger partial charge in [0.25, 0.3) is 5.91 Å². The van der Waals surface area contributed by atoms with Crippen LogP contribution in [-0.4, -0.2) is 35.3 Å². The van der Waals surface area contributed by atoms with Gasteiger partial charge in [0.1, 0.15) is 12.6 Å². The molecule has 1 heterocycles. The van der Waals surface area contributed by atoms with Gasteiger partial charge in [0, 0.05) is 11.4 Å². The van der Waals surface area contributed by atoms with Crippen LogP contribution in [0.1, 0.15) is 6.92 Å². The van der Waals surface area contributed by atoms with E-state index in [9.17, 15) is 14.4 Å². The van der Waals surface area contributed by atoms with Gasteiger partial charge in [-0.1, -0.05) is 36.4 Å². The molecule has 4 amide bonds. The quantitative estimate of drug-likeness (QED) is 0.879. The van der Waals surface area contributed by atoms with Crippen LogP contribution < -0.4 is 10.2 Å². The number of carbonyl (C=O) groups is 3. The molecule has 1 fully saturated rings. The van der Waals surface area contributed by atoms with E-state index in [4.69, 9.17) is 0 Å². The van der Waals surface area contributed by atoms with Gasteiger partial charge in [-0.05, 0) is 31.2 Å². The largest absolute Gasteiger partial charge is 0.332 e. The van der Waals surface area contributed by atoms with E-state index >= 15 is 0 Å². The molecule has 1 N–H and O–H groups in total. The summed E-state index contributed by atoms with van der Waals surface area (Å²) < 4.78 is 0. The first-order valence-electron chi connectivity index (χ1n) is 7.62. The molecule has 1 aliphatic heterocycles. The lowest BCUT2D eigenvalue weighted by molar-refractivity contribution is -0.130. The minimum Gasteiger partial charge on any atom is -0.325 e. The van der Waals surface area contributed by atoms with Crippen LogP contribution in [0.15, 0.2) is 60.7 Å². The van der Waals surface area contributed by atoms with Crippen LogP contribution in [-0.2, 0) is 9.59 Å². The van der Waals surface area contributed by atoms with Gasteiger partial charge >= 0.3 is 6.03 Å². The van der Waals surface area contributed by atoms with Gasteiger partial charge in [-0.15, -0.1) is 0 Å². The van der Waals surface area contributed by atoms with E-state index in [1.807, 2.05) is 12.1 Å². The van der Waals surface area contributed by atoms with Crippen molar-refractivity contribution in [1.29, 1.82) is 0 Å². The van der Waals surface area contributed by atoms with Crippen LogP contribution in [0, 0.1) is 0 Å². The molecule has 6 heteroatoms. The van der Waals surface area contributed by atoms with E-state index in [-0.39, 0.29) is 12.5 Å². The zero-order valence-electron chi connectivity index (χ0n) is 13.2. The molecule has 1 saturated heterocycles. The van der Waals surface area contributed by atoms with Gasteiger partial charge in [-0.2, -0.15) is 0 Å². The molecule has 1 aliphatic rings. The van der Waals surface area contributed by atoms with Crippen molar-refractivity contribution in [2.24, 2.45) is 0 Å². The average molecular weight is 323 g/mol. The van der Waals surface area contributed by atoms with Crippen molar-refractivity contribution >= 4 is 29.2 Å². The number of nitrogens with zero attached hydrogens (tertiary/aromatic N) is 2. The van der Waals surface area contributed by atoms with Crippen LogP contribution in [0.3, 0.4) is 0 Å². The number of amides is 4. The summed E-state index contributed by atoms with van der Waals surface area (Å²) in [5.41, 5.74) is 1.25. The van der Waals surface area contributed by atoms with Crippen LogP contribution in [0.4, 0.5) is 16.2 Å². The molecule has 0 bridgehead atoms. The lowest BCUT2D eigenvalue weighted by atomic mass is 10.2. The summed E-state index contributed by atoms with van der Waals surface area (Å²) in [5, 5.41) is 2.68. The first kappa shape index (κ1) is 15.7. The monoisotopic (exact) mass is 323 g/mol. The Kier molecular flexibility index (Phi) is 4.29. The summed E-state index contributed by atoms with van der Waals surface area (Å²) in [6.07, 6.45) is 0. The highest BCUT2D eigenvalue weighted by Gasteiger charge is 2.43. The summed E-state index contributed by atoms with van der Waals surface area (Å²) in [5.74, 6) is -0.794. The summed E-state index contributed by atoms with van der Waals surface area (Å²) >= 11 is 0. The highest BCUT2D eigenvalue weighted by atomic mass is 16.2. The maximum atomic E-state index is 12.6. The number of para-hydroxylation sites is 2. The zero-order chi connectivity index (χ0) is 17.1.